The normalized spacial score (nSPS) is 24.1. The molecule has 2 bridgehead atoms. The smallest absolute Gasteiger partial charge is 0.347 e. The summed E-state index contributed by atoms with van der Waals surface area (Å²) in [5.74, 6) is -1.22. The fraction of sp³-hybridized carbons (Fsp3) is 0.241. The van der Waals surface area contributed by atoms with Crippen LogP contribution in [-0.4, -0.2) is 23.8 Å². The lowest BCUT2D eigenvalue weighted by Gasteiger charge is -2.19. The molecule has 6 rings (SSSR count). The molecule has 1 saturated heterocycles. The average molecular weight is 482 g/mol. The first-order valence-corrected chi connectivity index (χ1v) is 12.1. The minimum absolute atomic E-state index is 0.0493. The quantitative estimate of drug-likeness (QED) is 0.299. The Morgan fingerprint density at radius 2 is 1.39 bits per heavy atom. The number of nitrogens with zero attached hydrogens (tertiary/aromatic N) is 1. The van der Waals surface area contributed by atoms with Crippen LogP contribution in [0.5, 0.6) is 11.5 Å². The number of ether oxygens (including phenoxy) is 2. The van der Waals surface area contributed by atoms with Crippen LogP contribution in [-0.2, 0) is 9.59 Å². The van der Waals surface area contributed by atoms with Crippen molar-refractivity contribution < 1.29 is 28.7 Å². The monoisotopic (exact) mass is 481 g/mol. The van der Waals surface area contributed by atoms with Crippen molar-refractivity contribution in [2.75, 3.05) is 4.90 Å². The fourth-order valence-corrected chi connectivity index (χ4v) is 5.97. The van der Waals surface area contributed by atoms with E-state index in [0.29, 0.717) is 11.4 Å². The first-order valence-electron chi connectivity index (χ1n) is 12.1. The topological polar surface area (TPSA) is 90.0 Å². The minimum Gasteiger partial charge on any atom is -0.423 e. The number of anilines is 1. The summed E-state index contributed by atoms with van der Waals surface area (Å²) in [4.78, 5) is 53.3. The summed E-state index contributed by atoms with van der Waals surface area (Å²) >= 11 is 0. The summed E-state index contributed by atoms with van der Waals surface area (Å²) < 4.78 is 10.9. The number of rotatable bonds is 5. The Balaban J connectivity index is 1.22. The van der Waals surface area contributed by atoms with Gasteiger partial charge in [-0.25, -0.2) is 9.59 Å². The van der Waals surface area contributed by atoms with Gasteiger partial charge in [-0.3, -0.25) is 14.5 Å². The highest BCUT2D eigenvalue weighted by atomic mass is 16.5. The Kier molecular flexibility index (Phi) is 5.40. The van der Waals surface area contributed by atoms with Crippen LogP contribution in [0, 0.1) is 23.7 Å². The van der Waals surface area contributed by atoms with E-state index in [4.69, 9.17) is 9.47 Å². The lowest BCUT2D eigenvalue weighted by atomic mass is 9.81. The highest BCUT2D eigenvalue weighted by Crippen LogP contribution is 2.56. The van der Waals surface area contributed by atoms with Crippen LogP contribution in [0.2, 0.25) is 0 Å². The van der Waals surface area contributed by atoms with E-state index in [1.807, 2.05) is 0 Å². The maximum Gasteiger partial charge on any atom is 0.347 e. The first-order chi connectivity index (χ1) is 17.5. The van der Waals surface area contributed by atoms with E-state index in [0.717, 1.165) is 19.3 Å². The molecule has 4 unspecified atom stereocenters. The van der Waals surface area contributed by atoms with Gasteiger partial charge in [0.05, 0.1) is 23.1 Å². The van der Waals surface area contributed by atoms with Gasteiger partial charge in [0.2, 0.25) is 11.8 Å². The number of imide groups is 1. The summed E-state index contributed by atoms with van der Waals surface area (Å²) in [5.41, 5.74) is 0.628. The largest absolute Gasteiger partial charge is 0.423 e. The molecule has 2 aliphatic carbocycles. The summed E-state index contributed by atoms with van der Waals surface area (Å²) in [7, 11) is 0. The van der Waals surface area contributed by atoms with Crippen LogP contribution in [0.3, 0.4) is 0 Å². The number of esters is 2. The number of benzene rings is 3. The van der Waals surface area contributed by atoms with Crippen LogP contribution in [0.1, 0.15) is 40.0 Å². The zero-order valence-corrected chi connectivity index (χ0v) is 19.3. The molecule has 1 heterocycles. The minimum atomic E-state index is -0.712. The second-order valence-electron chi connectivity index (χ2n) is 9.54. The molecule has 0 radical (unpaired) electrons. The molecular weight excluding hydrogens is 458 g/mol. The van der Waals surface area contributed by atoms with Gasteiger partial charge < -0.3 is 9.47 Å². The highest BCUT2D eigenvalue weighted by Gasteiger charge is 2.61. The molecule has 3 aromatic rings. The molecule has 2 saturated carbocycles. The predicted molar refractivity (Wildman–Crippen MR) is 130 cm³/mol. The lowest BCUT2D eigenvalue weighted by molar-refractivity contribution is -0.123. The van der Waals surface area contributed by atoms with Crippen molar-refractivity contribution in [1.29, 1.82) is 0 Å². The molecule has 7 nitrogen and oxygen atoms in total. The second-order valence-corrected chi connectivity index (χ2v) is 9.54. The number of carbonyl (C=O) groups is 4. The van der Waals surface area contributed by atoms with Crippen molar-refractivity contribution >= 4 is 29.4 Å². The van der Waals surface area contributed by atoms with Crippen molar-refractivity contribution in [1.82, 2.24) is 0 Å². The number of hydrogen-bond donors (Lipinski definition) is 0. The van der Waals surface area contributed by atoms with E-state index in [9.17, 15) is 19.2 Å². The molecule has 4 atom stereocenters. The van der Waals surface area contributed by atoms with E-state index < -0.39 is 11.9 Å². The fourth-order valence-electron chi connectivity index (χ4n) is 5.97. The predicted octanol–water partition coefficient (Wildman–Crippen LogP) is 4.66. The van der Waals surface area contributed by atoms with Gasteiger partial charge >= 0.3 is 11.9 Å². The maximum atomic E-state index is 13.2. The van der Waals surface area contributed by atoms with Gasteiger partial charge in [-0.15, -0.1) is 0 Å². The molecule has 0 aromatic heterocycles. The number of hydrogen-bond acceptors (Lipinski definition) is 6. The zero-order chi connectivity index (χ0) is 24.8. The van der Waals surface area contributed by atoms with Crippen molar-refractivity contribution in [3.63, 3.8) is 0 Å². The third-order valence-corrected chi connectivity index (χ3v) is 7.53. The van der Waals surface area contributed by atoms with Gasteiger partial charge in [0.1, 0.15) is 17.1 Å². The van der Waals surface area contributed by atoms with Crippen LogP contribution >= 0.6 is 0 Å². The van der Waals surface area contributed by atoms with E-state index in [1.54, 1.807) is 60.7 Å². The standard InChI is InChI=1S/C29H23NO6/c31-26-24-17-13-14-18(15-17)25(24)27(32)30(26)20-8-6-7-19(16-20)28(33)36-23-12-5-4-11-22(23)29(34)35-21-9-2-1-3-10-21/h1-12,16-18,24-25H,13-15H2. The second kappa shape index (κ2) is 8.75. The average Bonchev–Trinajstić information content (AvgIpc) is 3.58. The van der Waals surface area contributed by atoms with Crippen molar-refractivity contribution in [3.8, 4) is 11.5 Å². The third-order valence-electron chi connectivity index (χ3n) is 7.53. The van der Waals surface area contributed by atoms with Crippen LogP contribution in [0.25, 0.3) is 0 Å². The molecule has 3 fully saturated rings. The van der Waals surface area contributed by atoms with Gasteiger partial charge in [0.25, 0.3) is 0 Å². The van der Waals surface area contributed by atoms with Gasteiger partial charge in [-0.2, -0.15) is 0 Å². The van der Waals surface area contributed by atoms with Crippen molar-refractivity contribution in [2.24, 2.45) is 23.7 Å². The number of carbonyl (C=O) groups excluding carboxylic acids is 4. The molecule has 0 N–H and O–H groups in total. The van der Waals surface area contributed by atoms with Crippen LogP contribution in [0.15, 0.2) is 78.9 Å². The number of amides is 2. The highest BCUT2D eigenvalue weighted by molar-refractivity contribution is 6.22. The van der Waals surface area contributed by atoms with E-state index in [1.165, 1.54) is 23.1 Å². The molecule has 3 aromatic carbocycles. The Hall–Kier alpha value is -4.26. The summed E-state index contributed by atoms with van der Waals surface area (Å²) in [5, 5.41) is 0. The Morgan fingerprint density at radius 3 is 2.11 bits per heavy atom. The zero-order valence-electron chi connectivity index (χ0n) is 19.3. The Labute approximate surface area is 207 Å². The Bertz CT molecular complexity index is 1360. The van der Waals surface area contributed by atoms with E-state index >= 15 is 0 Å². The van der Waals surface area contributed by atoms with Crippen LogP contribution in [0.4, 0.5) is 5.69 Å². The van der Waals surface area contributed by atoms with Gasteiger partial charge in [0, 0.05) is 0 Å². The maximum absolute atomic E-state index is 13.2. The number of fused-ring (bicyclic) bond motifs is 5. The van der Waals surface area contributed by atoms with E-state index in [2.05, 4.69) is 0 Å². The SMILES string of the molecule is O=C(Oc1ccccc1C(=O)Oc1ccccc1)c1cccc(N2C(=O)C3C4CCC(C4)C3C2=O)c1. The van der Waals surface area contributed by atoms with Gasteiger partial charge in [-0.1, -0.05) is 36.4 Å². The first kappa shape index (κ1) is 22.2. The van der Waals surface area contributed by atoms with Gasteiger partial charge in [0.15, 0.2) is 0 Å². The molecule has 2 amide bonds. The van der Waals surface area contributed by atoms with E-state index in [-0.39, 0.29) is 52.4 Å². The molecule has 1 aliphatic heterocycles. The number of para-hydroxylation sites is 2. The lowest BCUT2D eigenvalue weighted by Crippen LogP contribution is -2.32. The molecule has 7 heteroatoms. The van der Waals surface area contributed by atoms with Crippen LogP contribution < -0.4 is 14.4 Å². The van der Waals surface area contributed by atoms with Crippen molar-refractivity contribution in [3.05, 3.63) is 90.0 Å². The molecule has 180 valence electrons. The van der Waals surface area contributed by atoms with Crippen molar-refractivity contribution in [2.45, 2.75) is 19.3 Å². The van der Waals surface area contributed by atoms with Gasteiger partial charge in [-0.05, 0) is 73.6 Å². The third kappa shape index (κ3) is 3.68. The molecule has 36 heavy (non-hydrogen) atoms. The molecular formula is C29H23NO6. The summed E-state index contributed by atoms with van der Waals surface area (Å²) in [6, 6.07) is 21.2. The summed E-state index contributed by atoms with van der Waals surface area (Å²) in [6.45, 7) is 0. The molecule has 0 spiro atoms. The summed E-state index contributed by atoms with van der Waals surface area (Å²) in [6.07, 6.45) is 2.95. The Morgan fingerprint density at radius 1 is 0.722 bits per heavy atom. The molecule has 3 aliphatic rings.